The molecule has 1 unspecified atom stereocenters. The van der Waals surface area contributed by atoms with E-state index in [1.54, 1.807) is 23.0 Å². The van der Waals surface area contributed by atoms with Gasteiger partial charge in [0.1, 0.15) is 12.4 Å². The van der Waals surface area contributed by atoms with E-state index in [1.807, 2.05) is 32.2 Å². The van der Waals surface area contributed by atoms with E-state index in [0.29, 0.717) is 18.7 Å². The smallest absolute Gasteiger partial charge is 0.410 e. The molecule has 1 aromatic carbocycles. The van der Waals surface area contributed by atoms with Crippen LogP contribution in [0.1, 0.15) is 42.6 Å². The Labute approximate surface area is 246 Å². The van der Waals surface area contributed by atoms with E-state index in [1.165, 1.54) is 0 Å². The molecule has 0 bridgehead atoms. The summed E-state index contributed by atoms with van der Waals surface area (Å²) in [6, 6.07) is 8.30. The van der Waals surface area contributed by atoms with Crippen molar-refractivity contribution in [1.29, 1.82) is 0 Å². The highest BCUT2D eigenvalue weighted by Gasteiger charge is 2.30. The van der Waals surface area contributed by atoms with Gasteiger partial charge in [-0.3, -0.25) is 20.0 Å². The second-order valence-electron chi connectivity index (χ2n) is 11.2. The third-order valence-corrected chi connectivity index (χ3v) is 8.18. The summed E-state index contributed by atoms with van der Waals surface area (Å²) in [6.07, 6.45) is 5.72. The predicted octanol–water partition coefficient (Wildman–Crippen LogP) is 5.09. The van der Waals surface area contributed by atoms with Crippen molar-refractivity contribution in [2.75, 3.05) is 29.9 Å². The van der Waals surface area contributed by atoms with Gasteiger partial charge >= 0.3 is 6.09 Å². The number of carbonyl (C=O) groups is 1. The molecular weight excluding hydrogens is 558 g/mol. The van der Waals surface area contributed by atoms with Gasteiger partial charge < -0.3 is 19.3 Å². The summed E-state index contributed by atoms with van der Waals surface area (Å²) in [7, 11) is 0. The fourth-order valence-corrected chi connectivity index (χ4v) is 6.02. The summed E-state index contributed by atoms with van der Waals surface area (Å²) in [5, 5.41) is 11.5. The minimum Gasteiger partial charge on any atom is -0.486 e. The number of piperidine rings is 1. The van der Waals surface area contributed by atoms with Crippen molar-refractivity contribution in [3.63, 3.8) is 0 Å². The molecule has 1 amide bonds. The van der Waals surface area contributed by atoms with Crippen molar-refractivity contribution in [3.8, 4) is 5.75 Å². The monoisotopic (exact) mass is 590 g/mol. The molecule has 0 aliphatic carbocycles. The topological polar surface area (TPSA) is 113 Å². The maximum atomic E-state index is 14.6. The molecule has 224 valence electrons. The van der Waals surface area contributed by atoms with Gasteiger partial charge in [-0.05, 0) is 62.6 Å². The lowest BCUT2D eigenvalue weighted by atomic mass is 10.0. The first-order chi connectivity index (χ1) is 20.7. The molecule has 4 aromatic rings. The molecule has 5 heterocycles. The van der Waals surface area contributed by atoms with Crippen LogP contribution in [0.15, 0.2) is 53.7 Å². The average molecular weight is 591 g/mol. The second-order valence-corrected chi connectivity index (χ2v) is 11.2. The van der Waals surface area contributed by atoms with E-state index in [2.05, 4.69) is 31.2 Å². The summed E-state index contributed by atoms with van der Waals surface area (Å²) >= 11 is 0. The highest BCUT2D eigenvalue weighted by molar-refractivity contribution is 5.86. The van der Waals surface area contributed by atoms with Crippen LogP contribution in [0.25, 0.3) is 10.9 Å². The zero-order valence-corrected chi connectivity index (χ0v) is 23.9. The first kappa shape index (κ1) is 28.5. The summed E-state index contributed by atoms with van der Waals surface area (Å²) in [6.45, 7) is 6.19. The van der Waals surface area contributed by atoms with Gasteiger partial charge in [0.2, 0.25) is 5.82 Å². The van der Waals surface area contributed by atoms with Crippen LogP contribution in [-0.4, -0.2) is 56.4 Å². The van der Waals surface area contributed by atoms with Crippen LogP contribution in [0.5, 0.6) is 5.75 Å². The normalized spacial score (nSPS) is 18.1. The van der Waals surface area contributed by atoms with Crippen LogP contribution in [0.2, 0.25) is 0 Å². The molecule has 12 heteroatoms. The predicted molar refractivity (Wildman–Crippen MR) is 158 cm³/mol. The standard InChI is InChI=1S/C31H32F2N6O4/c1-18-5-6-22(12-35-18)37-9-3-4-23(16-37)38(13-20-7-8-34-26(10-20)36-31(41)42)14-21-15-39-19(2)17-43-30-27(33)25(32)11-24(28(30)39)29(21)40/h5-8,10-12,15,19,23H,3-4,9,13-14,16-17H2,1-2H3,(H,34,36)(H,41,42)/t19?,23-/m0/s1. The number of aromatic nitrogens is 3. The van der Waals surface area contributed by atoms with E-state index in [4.69, 9.17) is 4.74 Å². The fourth-order valence-electron chi connectivity index (χ4n) is 6.02. The van der Waals surface area contributed by atoms with Crippen molar-refractivity contribution in [3.05, 3.63) is 87.6 Å². The molecule has 3 aromatic heterocycles. The number of benzene rings is 1. The maximum Gasteiger partial charge on any atom is 0.410 e. The highest BCUT2D eigenvalue weighted by atomic mass is 19.2. The number of carboxylic acid groups (broad SMARTS) is 1. The first-order valence-electron chi connectivity index (χ1n) is 14.2. The molecule has 43 heavy (non-hydrogen) atoms. The Bertz CT molecular complexity index is 1750. The Morgan fingerprint density at radius 2 is 2.05 bits per heavy atom. The molecular formula is C31H32F2N6O4. The number of hydrogen-bond donors (Lipinski definition) is 2. The van der Waals surface area contributed by atoms with E-state index in [9.17, 15) is 23.5 Å². The molecule has 2 aliphatic heterocycles. The lowest BCUT2D eigenvalue weighted by Gasteiger charge is -2.40. The molecule has 0 spiro atoms. The Morgan fingerprint density at radius 3 is 2.81 bits per heavy atom. The quantitative estimate of drug-likeness (QED) is 0.306. The molecule has 6 rings (SSSR count). The Hall–Kier alpha value is -4.58. The number of hydrogen-bond acceptors (Lipinski definition) is 7. The molecule has 2 aliphatic rings. The van der Waals surface area contributed by atoms with Gasteiger partial charge in [-0.25, -0.2) is 14.2 Å². The van der Waals surface area contributed by atoms with Crippen molar-refractivity contribution in [2.24, 2.45) is 0 Å². The third-order valence-electron chi connectivity index (χ3n) is 8.18. The number of pyridine rings is 3. The van der Waals surface area contributed by atoms with Crippen molar-refractivity contribution in [2.45, 2.75) is 51.9 Å². The van der Waals surface area contributed by atoms with E-state index in [-0.39, 0.29) is 53.1 Å². The van der Waals surface area contributed by atoms with E-state index >= 15 is 0 Å². The molecule has 2 atom stereocenters. The molecule has 0 saturated carbocycles. The van der Waals surface area contributed by atoms with Crippen molar-refractivity contribution >= 4 is 28.5 Å². The minimum atomic E-state index is -1.21. The second kappa shape index (κ2) is 11.6. The van der Waals surface area contributed by atoms with Crippen LogP contribution in [0.3, 0.4) is 0 Å². The van der Waals surface area contributed by atoms with Gasteiger partial charge in [0.05, 0.1) is 28.8 Å². The number of nitrogens with one attached hydrogen (secondary N) is 1. The zero-order chi connectivity index (χ0) is 30.2. The zero-order valence-electron chi connectivity index (χ0n) is 23.9. The Balaban J connectivity index is 1.39. The largest absolute Gasteiger partial charge is 0.486 e. The third kappa shape index (κ3) is 5.74. The number of nitrogens with zero attached hydrogens (tertiary/aromatic N) is 5. The fraction of sp³-hybridized carbons (Fsp3) is 0.355. The summed E-state index contributed by atoms with van der Waals surface area (Å²) in [4.78, 5) is 38.1. The van der Waals surface area contributed by atoms with Gasteiger partial charge in [-0.1, -0.05) is 0 Å². The van der Waals surface area contributed by atoms with Crippen LogP contribution in [0, 0.1) is 18.6 Å². The molecule has 10 nitrogen and oxygen atoms in total. The summed E-state index contributed by atoms with van der Waals surface area (Å²) in [5.74, 6) is -2.26. The number of aryl methyl sites for hydroxylation is 1. The van der Waals surface area contributed by atoms with Gasteiger partial charge in [0, 0.05) is 55.9 Å². The lowest BCUT2D eigenvalue weighted by Crippen LogP contribution is -2.48. The van der Waals surface area contributed by atoms with Crippen molar-refractivity contribution in [1.82, 2.24) is 19.4 Å². The number of ether oxygens (including phenoxy) is 1. The first-order valence-corrected chi connectivity index (χ1v) is 14.2. The van der Waals surface area contributed by atoms with Gasteiger partial charge in [0.15, 0.2) is 17.0 Å². The molecule has 0 radical (unpaired) electrons. The van der Waals surface area contributed by atoms with Crippen LogP contribution >= 0.6 is 0 Å². The molecule has 2 N–H and O–H groups in total. The number of anilines is 2. The van der Waals surface area contributed by atoms with E-state index < -0.39 is 17.7 Å². The lowest BCUT2D eigenvalue weighted by molar-refractivity contribution is 0.157. The number of rotatable bonds is 7. The molecule has 1 fully saturated rings. The highest BCUT2D eigenvalue weighted by Crippen LogP contribution is 2.35. The van der Waals surface area contributed by atoms with Gasteiger partial charge in [0.25, 0.3) is 0 Å². The minimum absolute atomic E-state index is 0.0248. The van der Waals surface area contributed by atoms with E-state index in [0.717, 1.165) is 42.4 Å². The maximum absolute atomic E-state index is 14.6. The number of halogens is 2. The van der Waals surface area contributed by atoms with Crippen LogP contribution < -0.4 is 20.4 Å². The van der Waals surface area contributed by atoms with Crippen LogP contribution in [0.4, 0.5) is 25.1 Å². The Kier molecular flexibility index (Phi) is 7.70. The van der Waals surface area contributed by atoms with Crippen molar-refractivity contribution < 1.29 is 23.4 Å². The summed E-state index contributed by atoms with van der Waals surface area (Å²) in [5.41, 5.74) is 3.08. The number of amides is 1. The van der Waals surface area contributed by atoms with Gasteiger partial charge in [-0.15, -0.1) is 0 Å². The average Bonchev–Trinajstić information content (AvgIpc) is 2.98. The SMILES string of the molecule is Cc1ccc(N2CCC[C@H](N(Cc3ccnc(NC(=O)O)c3)Cc3cn4c5c(c(F)c(F)cc5c3=O)OCC4C)C2)cn1. The molecule has 1 saturated heterocycles. The van der Waals surface area contributed by atoms with Crippen LogP contribution in [-0.2, 0) is 13.1 Å². The summed E-state index contributed by atoms with van der Waals surface area (Å²) < 4.78 is 36.5. The van der Waals surface area contributed by atoms with Gasteiger partial charge in [-0.2, -0.15) is 4.39 Å². The Morgan fingerprint density at radius 1 is 1.21 bits per heavy atom.